The zero-order chi connectivity index (χ0) is 15.5. The molecule has 4 aliphatic heterocycles. The van der Waals surface area contributed by atoms with Crippen molar-refractivity contribution < 1.29 is 23.7 Å². The van der Waals surface area contributed by atoms with Crippen molar-refractivity contribution >= 4 is 0 Å². The molecule has 4 fully saturated rings. The van der Waals surface area contributed by atoms with Crippen molar-refractivity contribution in [2.75, 3.05) is 39.6 Å². The molecule has 0 bridgehead atoms. The highest BCUT2D eigenvalue weighted by Crippen LogP contribution is 2.31. The van der Waals surface area contributed by atoms with Gasteiger partial charge in [-0.3, -0.25) is 0 Å². The second-order valence-electron chi connectivity index (χ2n) is 7.69. The van der Waals surface area contributed by atoms with E-state index in [4.69, 9.17) is 23.7 Å². The smallest absolute Gasteiger partial charge is 0.0812 e. The summed E-state index contributed by atoms with van der Waals surface area (Å²) in [6.45, 7) is 5.56. The van der Waals surface area contributed by atoms with Gasteiger partial charge in [-0.05, 0) is 50.4 Å². The molecule has 0 aromatic heterocycles. The Morgan fingerprint density at radius 3 is 1.17 bits per heavy atom. The predicted molar refractivity (Wildman–Crippen MR) is 84.5 cm³/mol. The van der Waals surface area contributed by atoms with E-state index in [0.717, 1.165) is 52.5 Å². The fourth-order valence-corrected chi connectivity index (χ4v) is 3.57. The Labute approximate surface area is 138 Å². The Hall–Kier alpha value is -0.200. The zero-order valence-corrected chi connectivity index (χ0v) is 14.0. The largest absolute Gasteiger partial charge is 0.381 e. The van der Waals surface area contributed by atoms with Gasteiger partial charge in [0.2, 0.25) is 0 Å². The fourth-order valence-electron chi connectivity index (χ4n) is 3.57. The van der Waals surface area contributed by atoms with E-state index >= 15 is 0 Å². The van der Waals surface area contributed by atoms with Crippen molar-refractivity contribution in [2.24, 2.45) is 11.8 Å². The quantitative estimate of drug-likeness (QED) is 0.362. The summed E-state index contributed by atoms with van der Waals surface area (Å²) in [5.74, 6) is 1.40. The molecule has 5 nitrogen and oxygen atoms in total. The maximum Gasteiger partial charge on any atom is 0.0812 e. The lowest BCUT2D eigenvalue weighted by atomic mass is 9.94. The van der Waals surface area contributed by atoms with Crippen molar-refractivity contribution in [1.29, 1.82) is 0 Å². The van der Waals surface area contributed by atoms with E-state index in [9.17, 15) is 0 Å². The van der Waals surface area contributed by atoms with Crippen LogP contribution in [0, 0.1) is 11.8 Å². The molecule has 23 heavy (non-hydrogen) atoms. The Morgan fingerprint density at radius 2 is 0.913 bits per heavy atom. The van der Waals surface area contributed by atoms with Crippen LogP contribution in [0.5, 0.6) is 0 Å². The first-order valence-corrected chi connectivity index (χ1v) is 9.39. The first-order valence-electron chi connectivity index (χ1n) is 9.39. The molecule has 0 spiro atoms. The van der Waals surface area contributed by atoms with Crippen molar-refractivity contribution in [3.05, 3.63) is 0 Å². The highest BCUT2D eigenvalue weighted by molar-refractivity contribution is 4.81. The minimum Gasteiger partial charge on any atom is -0.381 e. The molecule has 132 valence electrons. The first kappa shape index (κ1) is 16.3. The Kier molecular flexibility index (Phi) is 5.51. The standard InChI is InChI=1S/C18H30O5/c1(13(5-15-9-20-15)6-16-10-21-16)3-19-4-2-14(7-17-11-22-17)8-18-12-23-18/h13-18H,1-12H2. The summed E-state index contributed by atoms with van der Waals surface area (Å²) in [5, 5.41) is 0. The van der Waals surface area contributed by atoms with Crippen molar-refractivity contribution in [2.45, 2.75) is 62.9 Å². The molecule has 0 aliphatic carbocycles. The number of ether oxygens (including phenoxy) is 5. The molecule has 4 unspecified atom stereocenters. The Morgan fingerprint density at radius 1 is 0.609 bits per heavy atom. The molecule has 0 radical (unpaired) electrons. The van der Waals surface area contributed by atoms with Crippen LogP contribution in [-0.2, 0) is 23.7 Å². The summed E-state index contributed by atoms with van der Waals surface area (Å²) in [5.41, 5.74) is 0. The average molecular weight is 326 g/mol. The highest BCUT2D eigenvalue weighted by atomic mass is 16.6. The molecule has 4 rings (SSSR count). The second-order valence-corrected chi connectivity index (χ2v) is 7.69. The lowest BCUT2D eigenvalue weighted by Gasteiger charge is -2.17. The summed E-state index contributed by atoms with van der Waals surface area (Å²) in [6, 6.07) is 0. The van der Waals surface area contributed by atoms with E-state index in [-0.39, 0.29) is 0 Å². The van der Waals surface area contributed by atoms with E-state index in [0.29, 0.717) is 36.3 Å². The van der Waals surface area contributed by atoms with E-state index in [1.807, 2.05) is 0 Å². The molecule has 4 atom stereocenters. The molecule has 0 N–H and O–H groups in total. The number of rotatable bonds is 14. The lowest BCUT2D eigenvalue weighted by Crippen LogP contribution is -2.14. The Balaban J connectivity index is 1.08. The molecule has 0 amide bonds. The van der Waals surface area contributed by atoms with Gasteiger partial charge in [0.25, 0.3) is 0 Å². The molecule has 0 saturated carbocycles. The monoisotopic (exact) mass is 326 g/mol. The van der Waals surface area contributed by atoms with Gasteiger partial charge in [0, 0.05) is 13.2 Å². The van der Waals surface area contributed by atoms with Crippen LogP contribution < -0.4 is 0 Å². The van der Waals surface area contributed by atoms with Gasteiger partial charge in [-0.2, -0.15) is 0 Å². The molecule has 4 heterocycles. The van der Waals surface area contributed by atoms with Crippen molar-refractivity contribution in [1.82, 2.24) is 0 Å². The summed E-state index contributed by atoms with van der Waals surface area (Å²) in [4.78, 5) is 0. The second kappa shape index (κ2) is 7.79. The van der Waals surface area contributed by atoms with Crippen LogP contribution in [0.1, 0.15) is 38.5 Å². The van der Waals surface area contributed by atoms with Crippen LogP contribution >= 0.6 is 0 Å². The fraction of sp³-hybridized carbons (Fsp3) is 1.00. The number of epoxide rings is 4. The van der Waals surface area contributed by atoms with Crippen LogP contribution in [0.15, 0.2) is 0 Å². The topological polar surface area (TPSA) is 59.4 Å². The SMILES string of the molecule is C(CC(CC1CO1)CC1CO1)OCCC(CC1CO1)CC1CO1. The summed E-state index contributed by atoms with van der Waals surface area (Å²) < 4.78 is 27.5. The average Bonchev–Trinajstić information content (AvgIpc) is 3.31. The van der Waals surface area contributed by atoms with Gasteiger partial charge in [-0.25, -0.2) is 0 Å². The predicted octanol–water partition coefficient (Wildman–Crippen LogP) is 2.17. The van der Waals surface area contributed by atoms with Crippen LogP contribution in [0.4, 0.5) is 0 Å². The molecule has 0 aromatic rings. The Bertz CT molecular complexity index is 298. The van der Waals surface area contributed by atoms with Crippen LogP contribution in [-0.4, -0.2) is 64.1 Å². The van der Waals surface area contributed by atoms with Crippen LogP contribution in [0.2, 0.25) is 0 Å². The normalized spacial score (nSPS) is 36.5. The molecular weight excluding hydrogens is 296 g/mol. The van der Waals surface area contributed by atoms with Gasteiger partial charge in [-0.15, -0.1) is 0 Å². The maximum absolute atomic E-state index is 5.94. The molecule has 5 heteroatoms. The first-order chi connectivity index (χ1) is 11.3. The minimum atomic E-state index is 0.514. The van der Waals surface area contributed by atoms with Crippen LogP contribution in [0.3, 0.4) is 0 Å². The van der Waals surface area contributed by atoms with Crippen molar-refractivity contribution in [3.8, 4) is 0 Å². The molecule has 4 saturated heterocycles. The van der Waals surface area contributed by atoms with Crippen LogP contribution in [0.25, 0.3) is 0 Å². The summed E-state index contributed by atoms with van der Waals surface area (Å²) >= 11 is 0. The maximum atomic E-state index is 5.94. The van der Waals surface area contributed by atoms with E-state index in [1.54, 1.807) is 0 Å². The van der Waals surface area contributed by atoms with Gasteiger partial charge < -0.3 is 23.7 Å². The van der Waals surface area contributed by atoms with Gasteiger partial charge in [0.15, 0.2) is 0 Å². The third-order valence-corrected chi connectivity index (χ3v) is 5.34. The van der Waals surface area contributed by atoms with E-state index in [2.05, 4.69) is 0 Å². The van der Waals surface area contributed by atoms with E-state index in [1.165, 1.54) is 25.7 Å². The number of hydrogen-bond acceptors (Lipinski definition) is 5. The number of hydrogen-bond donors (Lipinski definition) is 0. The third-order valence-electron chi connectivity index (χ3n) is 5.34. The van der Waals surface area contributed by atoms with E-state index < -0.39 is 0 Å². The summed E-state index contributed by atoms with van der Waals surface area (Å²) in [7, 11) is 0. The van der Waals surface area contributed by atoms with Gasteiger partial charge in [0.05, 0.1) is 50.8 Å². The molecule has 0 aromatic carbocycles. The van der Waals surface area contributed by atoms with Crippen molar-refractivity contribution in [3.63, 3.8) is 0 Å². The van der Waals surface area contributed by atoms with Gasteiger partial charge in [-0.1, -0.05) is 0 Å². The molecule has 4 aliphatic rings. The highest BCUT2D eigenvalue weighted by Gasteiger charge is 2.33. The van der Waals surface area contributed by atoms with Gasteiger partial charge >= 0.3 is 0 Å². The summed E-state index contributed by atoms with van der Waals surface area (Å²) in [6.07, 6.45) is 9.08. The molecular formula is C18H30O5. The third kappa shape index (κ3) is 6.67. The van der Waals surface area contributed by atoms with Gasteiger partial charge in [0.1, 0.15) is 0 Å². The zero-order valence-electron chi connectivity index (χ0n) is 14.0. The lowest BCUT2D eigenvalue weighted by molar-refractivity contribution is 0.0982. The minimum absolute atomic E-state index is 0.514.